The lowest BCUT2D eigenvalue weighted by molar-refractivity contribution is -0.119. The second-order valence-electron chi connectivity index (χ2n) is 5.35. The summed E-state index contributed by atoms with van der Waals surface area (Å²) in [5.74, 6) is 0.973. The fourth-order valence-electron chi connectivity index (χ4n) is 1.96. The van der Waals surface area contributed by atoms with Crippen LogP contribution in [0.25, 0.3) is 0 Å². The van der Waals surface area contributed by atoms with Gasteiger partial charge in [-0.05, 0) is 31.9 Å². The number of carbonyl (C=O) groups is 2. The summed E-state index contributed by atoms with van der Waals surface area (Å²) in [6, 6.07) is 8.39. The molecule has 3 rings (SSSR count). The van der Waals surface area contributed by atoms with Crippen molar-refractivity contribution in [3.63, 3.8) is 0 Å². The number of anilines is 1. The molecule has 1 aromatic carbocycles. The van der Waals surface area contributed by atoms with Gasteiger partial charge in [0, 0.05) is 11.6 Å². The third-order valence-corrected chi connectivity index (χ3v) is 4.33. The lowest BCUT2D eigenvalue weighted by atomic mass is 10.3. The molecule has 1 saturated carbocycles. The number of aromatic nitrogens is 3. The van der Waals surface area contributed by atoms with Crippen molar-refractivity contribution in [2.24, 2.45) is 0 Å². The lowest BCUT2D eigenvalue weighted by Crippen LogP contribution is -2.38. The maximum Gasteiger partial charge on any atom is 0.325 e. The lowest BCUT2D eigenvalue weighted by Gasteiger charge is -2.10. The Hall–Kier alpha value is -2.35. The number of amides is 3. The van der Waals surface area contributed by atoms with E-state index >= 15 is 0 Å². The SMILES string of the molecule is CC(Sc1n[nH]c(C2CC2)n1)C(=O)NC(=O)Nc1ccccc1. The molecule has 8 heteroatoms. The van der Waals surface area contributed by atoms with Crippen molar-refractivity contribution in [1.82, 2.24) is 20.5 Å². The molecular formula is C15H17N5O2S. The first-order valence-electron chi connectivity index (χ1n) is 7.37. The molecule has 7 nitrogen and oxygen atoms in total. The zero-order chi connectivity index (χ0) is 16.2. The fourth-order valence-corrected chi connectivity index (χ4v) is 2.69. The van der Waals surface area contributed by atoms with Gasteiger partial charge in [0.15, 0.2) is 0 Å². The number of nitrogens with zero attached hydrogens (tertiary/aromatic N) is 2. The minimum atomic E-state index is -0.553. The van der Waals surface area contributed by atoms with Gasteiger partial charge >= 0.3 is 6.03 Å². The number of thioether (sulfide) groups is 1. The third-order valence-electron chi connectivity index (χ3n) is 3.37. The number of H-pyrrole nitrogens is 1. The van der Waals surface area contributed by atoms with Crippen LogP contribution in [0.2, 0.25) is 0 Å². The zero-order valence-electron chi connectivity index (χ0n) is 12.6. The Morgan fingerprint density at radius 3 is 2.74 bits per heavy atom. The average Bonchev–Trinajstić information content (AvgIpc) is 3.28. The van der Waals surface area contributed by atoms with Crippen LogP contribution in [0.4, 0.5) is 10.5 Å². The zero-order valence-corrected chi connectivity index (χ0v) is 13.4. The van der Waals surface area contributed by atoms with Gasteiger partial charge in [-0.15, -0.1) is 5.10 Å². The molecule has 3 amide bonds. The van der Waals surface area contributed by atoms with Crippen LogP contribution in [0.15, 0.2) is 35.5 Å². The third kappa shape index (κ3) is 4.32. The molecule has 1 aromatic heterocycles. The summed E-state index contributed by atoms with van der Waals surface area (Å²) in [5.41, 5.74) is 0.626. The molecule has 2 aromatic rings. The highest BCUT2D eigenvalue weighted by molar-refractivity contribution is 8.00. The number of para-hydroxylation sites is 1. The number of hydrogen-bond acceptors (Lipinski definition) is 5. The number of nitrogens with one attached hydrogen (secondary N) is 3. The normalized spacial score (nSPS) is 15.0. The van der Waals surface area contributed by atoms with Crippen LogP contribution in [0, 0.1) is 0 Å². The van der Waals surface area contributed by atoms with Gasteiger partial charge in [0.1, 0.15) is 5.82 Å². The van der Waals surface area contributed by atoms with Gasteiger partial charge in [0.2, 0.25) is 11.1 Å². The summed E-state index contributed by atoms with van der Waals surface area (Å²) in [6.07, 6.45) is 2.27. The van der Waals surface area contributed by atoms with E-state index in [4.69, 9.17) is 0 Å². The molecule has 1 fully saturated rings. The maximum absolute atomic E-state index is 12.0. The highest BCUT2D eigenvalue weighted by atomic mass is 32.2. The van der Waals surface area contributed by atoms with Crippen molar-refractivity contribution in [3.8, 4) is 0 Å². The van der Waals surface area contributed by atoms with E-state index < -0.39 is 11.3 Å². The number of urea groups is 1. The molecule has 3 N–H and O–H groups in total. The number of benzene rings is 1. The van der Waals surface area contributed by atoms with Crippen LogP contribution in [-0.4, -0.2) is 32.4 Å². The molecule has 1 aliphatic carbocycles. The largest absolute Gasteiger partial charge is 0.325 e. The van der Waals surface area contributed by atoms with Crippen LogP contribution < -0.4 is 10.6 Å². The minimum absolute atomic E-state index is 0.388. The van der Waals surface area contributed by atoms with E-state index in [-0.39, 0.29) is 5.91 Å². The molecule has 0 spiro atoms. The fraction of sp³-hybridized carbons (Fsp3) is 0.333. The predicted octanol–water partition coefficient (Wildman–Crippen LogP) is 2.51. The summed E-state index contributed by atoms with van der Waals surface area (Å²) >= 11 is 1.22. The highest BCUT2D eigenvalue weighted by Crippen LogP contribution is 2.38. The summed E-state index contributed by atoms with van der Waals surface area (Å²) in [6.45, 7) is 1.71. The second-order valence-corrected chi connectivity index (χ2v) is 6.65. The Labute approximate surface area is 137 Å². The number of hydrogen-bond donors (Lipinski definition) is 3. The van der Waals surface area contributed by atoms with E-state index in [0.717, 1.165) is 18.7 Å². The molecule has 0 radical (unpaired) electrons. The average molecular weight is 331 g/mol. The number of rotatable bonds is 5. The minimum Gasteiger partial charge on any atom is -0.308 e. The smallest absolute Gasteiger partial charge is 0.308 e. The molecule has 23 heavy (non-hydrogen) atoms. The van der Waals surface area contributed by atoms with Crippen LogP contribution in [0.3, 0.4) is 0 Å². The van der Waals surface area contributed by atoms with E-state index in [1.54, 1.807) is 31.2 Å². The summed E-state index contributed by atoms with van der Waals surface area (Å²) < 4.78 is 0. The van der Waals surface area contributed by atoms with Crippen molar-refractivity contribution in [2.75, 3.05) is 5.32 Å². The number of carbonyl (C=O) groups excluding carboxylic acids is 2. The van der Waals surface area contributed by atoms with Crippen molar-refractivity contribution in [3.05, 3.63) is 36.2 Å². The van der Waals surface area contributed by atoms with Crippen LogP contribution >= 0.6 is 11.8 Å². The second kappa shape index (κ2) is 6.82. The number of imide groups is 1. The monoisotopic (exact) mass is 331 g/mol. The van der Waals surface area contributed by atoms with Crippen molar-refractivity contribution < 1.29 is 9.59 Å². The van der Waals surface area contributed by atoms with Crippen molar-refractivity contribution in [2.45, 2.75) is 36.1 Å². The van der Waals surface area contributed by atoms with Gasteiger partial charge in [0.25, 0.3) is 0 Å². The van der Waals surface area contributed by atoms with E-state index in [2.05, 4.69) is 25.8 Å². The maximum atomic E-state index is 12.0. The topological polar surface area (TPSA) is 99.8 Å². The van der Waals surface area contributed by atoms with Gasteiger partial charge in [-0.25, -0.2) is 9.78 Å². The molecule has 0 aliphatic heterocycles. The molecule has 1 aliphatic rings. The molecule has 0 bridgehead atoms. The van der Waals surface area contributed by atoms with Crippen molar-refractivity contribution in [1.29, 1.82) is 0 Å². The van der Waals surface area contributed by atoms with Crippen molar-refractivity contribution >= 4 is 29.4 Å². The standard InChI is InChI=1S/C15H17N5O2S/c1-9(23-15-17-12(19-20-15)10-7-8-10)13(21)18-14(22)16-11-5-3-2-4-6-11/h2-6,9-10H,7-8H2,1H3,(H,17,19,20)(H2,16,18,21,22). The number of aromatic amines is 1. The van der Waals surface area contributed by atoms with Crippen LogP contribution in [0.5, 0.6) is 0 Å². The van der Waals surface area contributed by atoms with Gasteiger partial charge in [-0.1, -0.05) is 30.0 Å². The first-order chi connectivity index (χ1) is 11.1. The summed E-state index contributed by atoms with van der Waals surface area (Å²) in [4.78, 5) is 28.2. The summed E-state index contributed by atoms with van der Waals surface area (Å²) in [5, 5.41) is 12.0. The molecule has 1 atom stereocenters. The van der Waals surface area contributed by atoms with E-state index in [1.807, 2.05) is 6.07 Å². The molecule has 1 unspecified atom stereocenters. The van der Waals surface area contributed by atoms with E-state index in [1.165, 1.54) is 11.8 Å². The highest BCUT2D eigenvalue weighted by Gasteiger charge is 2.28. The predicted molar refractivity (Wildman–Crippen MR) is 87.3 cm³/mol. The molecule has 120 valence electrons. The quantitative estimate of drug-likeness (QED) is 0.731. The summed E-state index contributed by atoms with van der Waals surface area (Å²) in [7, 11) is 0. The Balaban J connectivity index is 1.49. The Bertz CT molecular complexity index is 699. The van der Waals surface area contributed by atoms with Gasteiger partial charge in [-0.2, -0.15) is 0 Å². The van der Waals surface area contributed by atoms with E-state index in [9.17, 15) is 9.59 Å². The van der Waals surface area contributed by atoms with Crippen LogP contribution in [-0.2, 0) is 4.79 Å². The Kier molecular flexibility index (Phi) is 4.61. The van der Waals surface area contributed by atoms with Gasteiger partial charge in [0.05, 0.1) is 5.25 Å². The Morgan fingerprint density at radius 1 is 1.30 bits per heavy atom. The van der Waals surface area contributed by atoms with Gasteiger partial charge in [-0.3, -0.25) is 15.2 Å². The van der Waals surface area contributed by atoms with E-state index in [0.29, 0.717) is 16.8 Å². The first-order valence-corrected chi connectivity index (χ1v) is 8.25. The molecule has 0 saturated heterocycles. The van der Waals surface area contributed by atoms with Crippen LogP contribution in [0.1, 0.15) is 31.5 Å². The van der Waals surface area contributed by atoms with Gasteiger partial charge < -0.3 is 5.32 Å². The molecular weight excluding hydrogens is 314 g/mol. The molecule has 1 heterocycles. The Morgan fingerprint density at radius 2 is 2.04 bits per heavy atom. The first kappa shape index (κ1) is 15.5.